The molecule has 1 atom stereocenters. The zero-order chi connectivity index (χ0) is 15.4. The van der Waals surface area contributed by atoms with Gasteiger partial charge in [0.2, 0.25) is 5.76 Å². The van der Waals surface area contributed by atoms with Gasteiger partial charge in [-0.3, -0.25) is 0 Å². The fourth-order valence-electron chi connectivity index (χ4n) is 2.43. The van der Waals surface area contributed by atoms with Gasteiger partial charge in [0.05, 0.1) is 13.4 Å². The van der Waals surface area contributed by atoms with Crippen LogP contribution in [0.1, 0.15) is 45.8 Å². The topological polar surface area (TPSA) is 51.5 Å². The molecule has 21 heavy (non-hydrogen) atoms. The van der Waals surface area contributed by atoms with Crippen LogP contribution in [-0.4, -0.2) is 13.1 Å². The second-order valence-electron chi connectivity index (χ2n) is 5.23. The number of carbonyl (C=O) groups excluding carboxylic acids is 1. The number of esters is 1. The van der Waals surface area contributed by atoms with Gasteiger partial charge in [-0.1, -0.05) is 23.8 Å². The molecule has 0 amide bonds. The van der Waals surface area contributed by atoms with Crippen molar-refractivity contribution in [1.29, 1.82) is 0 Å². The summed E-state index contributed by atoms with van der Waals surface area (Å²) in [7, 11) is 1.35. The summed E-state index contributed by atoms with van der Waals surface area (Å²) in [6, 6.07) is 8.39. The van der Waals surface area contributed by atoms with Crippen molar-refractivity contribution < 1.29 is 13.9 Å². The summed E-state index contributed by atoms with van der Waals surface area (Å²) in [5.74, 6) is -0.186. The third-order valence-corrected chi connectivity index (χ3v) is 3.61. The van der Waals surface area contributed by atoms with E-state index in [1.54, 1.807) is 6.07 Å². The van der Waals surface area contributed by atoms with Gasteiger partial charge in [0.1, 0.15) is 0 Å². The van der Waals surface area contributed by atoms with Crippen molar-refractivity contribution in [3.05, 3.63) is 58.5 Å². The first-order valence-electron chi connectivity index (χ1n) is 6.98. The van der Waals surface area contributed by atoms with E-state index in [-0.39, 0.29) is 11.8 Å². The molecule has 1 aromatic carbocycles. The fraction of sp³-hybridized carbons (Fsp3) is 0.353. The number of hydrogen-bond donors (Lipinski definition) is 1. The molecule has 0 bridgehead atoms. The number of hydrogen-bond acceptors (Lipinski definition) is 4. The summed E-state index contributed by atoms with van der Waals surface area (Å²) in [6.45, 7) is 6.85. The van der Waals surface area contributed by atoms with Gasteiger partial charge in [0, 0.05) is 18.2 Å². The van der Waals surface area contributed by atoms with E-state index in [1.807, 2.05) is 0 Å². The van der Waals surface area contributed by atoms with Gasteiger partial charge < -0.3 is 14.5 Å². The van der Waals surface area contributed by atoms with Crippen LogP contribution in [0.25, 0.3) is 0 Å². The van der Waals surface area contributed by atoms with Crippen molar-refractivity contribution in [1.82, 2.24) is 5.32 Å². The molecule has 2 aromatic rings. The Morgan fingerprint density at radius 1 is 1.33 bits per heavy atom. The molecular weight excluding hydrogens is 266 g/mol. The normalized spacial score (nSPS) is 12.2. The zero-order valence-corrected chi connectivity index (χ0v) is 12.9. The van der Waals surface area contributed by atoms with Gasteiger partial charge in [-0.2, -0.15) is 0 Å². The van der Waals surface area contributed by atoms with Crippen molar-refractivity contribution in [2.45, 2.75) is 33.4 Å². The highest BCUT2D eigenvalue weighted by Crippen LogP contribution is 2.20. The van der Waals surface area contributed by atoms with Crippen molar-refractivity contribution in [3.63, 3.8) is 0 Å². The van der Waals surface area contributed by atoms with Crippen molar-refractivity contribution in [2.24, 2.45) is 0 Å². The Balaban J connectivity index is 2.06. The summed E-state index contributed by atoms with van der Waals surface area (Å²) >= 11 is 0. The number of benzene rings is 1. The third-order valence-electron chi connectivity index (χ3n) is 3.61. The smallest absolute Gasteiger partial charge is 0.374 e. The SMILES string of the molecule is COC(=O)c1occc1CNC(C)c1ccc(C)cc1C. The minimum Gasteiger partial charge on any atom is -0.463 e. The van der Waals surface area contributed by atoms with Gasteiger partial charge in [-0.05, 0) is 38.0 Å². The monoisotopic (exact) mass is 287 g/mol. The van der Waals surface area contributed by atoms with Crippen LogP contribution >= 0.6 is 0 Å². The van der Waals surface area contributed by atoms with E-state index in [0.717, 1.165) is 5.56 Å². The first-order valence-corrected chi connectivity index (χ1v) is 6.98. The maximum Gasteiger partial charge on any atom is 0.374 e. The molecule has 4 heteroatoms. The van der Waals surface area contributed by atoms with Crippen LogP contribution in [0.4, 0.5) is 0 Å². The lowest BCUT2D eigenvalue weighted by molar-refractivity contribution is 0.0563. The Labute approximate surface area is 125 Å². The average molecular weight is 287 g/mol. The maximum atomic E-state index is 11.6. The molecule has 0 aliphatic rings. The predicted octanol–water partition coefficient (Wildman–Crippen LogP) is 3.53. The van der Waals surface area contributed by atoms with Crippen LogP contribution < -0.4 is 5.32 Å². The summed E-state index contributed by atoms with van der Waals surface area (Å²) in [4.78, 5) is 11.6. The van der Waals surface area contributed by atoms with Crippen LogP contribution in [0.3, 0.4) is 0 Å². The molecule has 1 aromatic heterocycles. The lowest BCUT2D eigenvalue weighted by Gasteiger charge is -2.17. The molecule has 0 saturated carbocycles. The second-order valence-corrected chi connectivity index (χ2v) is 5.23. The van der Waals surface area contributed by atoms with Crippen molar-refractivity contribution in [3.8, 4) is 0 Å². The summed E-state index contributed by atoms with van der Waals surface area (Å²) in [5.41, 5.74) is 4.57. The number of rotatable bonds is 5. The van der Waals surface area contributed by atoms with Gasteiger partial charge in [-0.25, -0.2) is 4.79 Å². The van der Waals surface area contributed by atoms with Gasteiger partial charge in [-0.15, -0.1) is 0 Å². The van der Waals surface area contributed by atoms with E-state index >= 15 is 0 Å². The van der Waals surface area contributed by atoms with Crippen LogP contribution in [-0.2, 0) is 11.3 Å². The van der Waals surface area contributed by atoms with Crippen molar-refractivity contribution in [2.75, 3.05) is 7.11 Å². The van der Waals surface area contributed by atoms with Gasteiger partial charge >= 0.3 is 5.97 Å². The largest absolute Gasteiger partial charge is 0.463 e. The highest BCUT2D eigenvalue weighted by molar-refractivity contribution is 5.87. The lowest BCUT2D eigenvalue weighted by atomic mass is 10.00. The minimum atomic E-state index is -0.448. The summed E-state index contributed by atoms with van der Waals surface area (Å²) < 4.78 is 9.88. The molecule has 112 valence electrons. The van der Waals surface area contributed by atoms with Crippen molar-refractivity contribution >= 4 is 5.97 Å². The van der Waals surface area contributed by atoms with E-state index in [2.05, 4.69) is 44.3 Å². The molecule has 4 nitrogen and oxygen atoms in total. The number of nitrogens with one attached hydrogen (secondary N) is 1. The molecule has 0 radical (unpaired) electrons. The fourth-order valence-corrected chi connectivity index (χ4v) is 2.43. The van der Waals surface area contributed by atoms with Crippen LogP contribution in [0.5, 0.6) is 0 Å². The Bertz CT molecular complexity index is 631. The molecule has 0 fully saturated rings. The van der Waals surface area contributed by atoms with Gasteiger partial charge in [0.15, 0.2) is 0 Å². The standard InChI is InChI=1S/C17H21NO3/c1-11-5-6-15(12(2)9-11)13(3)18-10-14-7-8-21-16(14)17(19)20-4/h5-9,13,18H,10H2,1-4H3. The summed E-state index contributed by atoms with van der Waals surface area (Å²) in [5, 5.41) is 3.41. The highest BCUT2D eigenvalue weighted by Gasteiger charge is 2.16. The Hall–Kier alpha value is -2.07. The number of carbonyl (C=O) groups is 1. The third kappa shape index (κ3) is 3.52. The van der Waals surface area contributed by atoms with E-state index in [0.29, 0.717) is 6.54 Å². The molecule has 2 rings (SSSR count). The van der Waals surface area contributed by atoms with Crippen LogP contribution in [0.2, 0.25) is 0 Å². The average Bonchev–Trinajstić information content (AvgIpc) is 2.92. The van der Waals surface area contributed by atoms with E-state index in [1.165, 1.54) is 30.1 Å². The molecule has 1 heterocycles. The lowest BCUT2D eigenvalue weighted by Crippen LogP contribution is -2.20. The first kappa shape index (κ1) is 15.3. The minimum absolute atomic E-state index is 0.186. The van der Waals surface area contributed by atoms with Crippen LogP contribution in [0.15, 0.2) is 34.9 Å². The highest BCUT2D eigenvalue weighted by atomic mass is 16.5. The van der Waals surface area contributed by atoms with Gasteiger partial charge in [0.25, 0.3) is 0 Å². The molecule has 0 saturated heterocycles. The molecule has 0 spiro atoms. The molecular formula is C17H21NO3. The molecule has 0 aliphatic carbocycles. The predicted molar refractivity (Wildman–Crippen MR) is 81.2 cm³/mol. The Morgan fingerprint density at radius 2 is 2.10 bits per heavy atom. The zero-order valence-electron chi connectivity index (χ0n) is 12.9. The number of ether oxygens (including phenoxy) is 1. The molecule has 1 N–H and O–H groups in total. The molecule has 1 unspecified atom stereocenters. The van der Waals surface area contributed by atoms with E-state index < -0.39 is 5.97 Å². The molecule has 0 aliphatic heterocycles. The number of aryl methyl sites for hydroxylation is 2. The van der Waals surface area contributed by atoms with E-state index in [4.69, 9.17) is 9.15 Å². The van der Waals surface area contributed by atoms with E-state index in [9.17, 15) is 4.79 Å². The van der Waals surface area contributed by atoms with Crippen LogP contribution in [0, 0.1) is 13.8 Å². The first-order chi connectivity index (χ1) is 10.0. The number of methoxy groups -OCH3 is 1. The second kappa shape index (κ2) is 6.59. The Kier molecular flexibility index (Phi) is 4.81. The summed E-state index contributed by atoms with van der Waals surface area (Å²) in [6.07, 6.45) is 1.51. The Morgan fingerprint density at radius 3 is 2.76 bits per heavy atom. The quantitative estimate of drug-likeness (QED) is 0.855. The number of furan rings is 1. The maximum absolute atomic E-state index is 11.6.